The predicted octanol–water partition coefficient (Wildman–Crippen LogP) is 3.24. The summed E-state index contributed by atoms with van der Waals surface area (Å²) in [6, 6.07) is 1.79. The van der Waals surface area contributed by atoms with E-state index in [2.05, 4.69) is 10.2 Å². The summed E-state index contributed by atoms with van der Waals surface area (Å²) in [5.74, 6) is 1.47. The lowest BCUT2D eigenvalue weighted by molar-refractivity contribution is -0.119. The van der Waals surface area contributed by atoms with Gasteiger partial charge in [-0.2, -0.15) is 0 Å². The van der Waals surface area contributed by atoms with E-state index in [1.54, 1.807) is 12.3 Å². The molecule has 1 aliphatic carbocycles. The topological polar surface area (TPSA) is 69.1 Å². The predicted molar refractivity (Wildman–Crippen MR) is 69.9 cm³/mol. The molecule has 2 heterocycles. The van der Waals surface area contributed by atoms with Gasteiger partial charge in [0.1, 0.15) is 11.5 Å². The van der Waals surface area contributed by atoms with Gasteiger partial charge in [-0.25, -0.2) is 0 Å². The summed E-state index contributed by atoms with van der Waals surface area (Å²) in [6.45, 7) is 1.84. The molecule has 0 aliphatic heterocycles. The van der Waals surface area contributed by atoms with Crippen LogP contribution in [0.2, 0.25) is 0 Å². The van der Waals surface area contributed by atoms with Crippen molar-refractivity contribution in [1.82, 2.24) is 10.2 Å². The monoisotopic (exact) mass is 278 g/mol. The van der Waals surface area contributed by atoms with E-state index in [0.717, 1.165) is 30.6 Å². The minimum Gasteiger partial charge on any atom is -0.469 e. The summed E-state index contributed by atoms with van der Waals surface area (Å²) in [5.41, 5.74) is 0.800. The van der Waals surface area contributed by atoms with Crippen LogP contribution in [-0.4, -0.2) is 21.2 Å². The lowest BCUT2D eigenvalue weighted by Gasteiger charge is -2.17. The van der Waals surface area contributed by atoms with Gasteiger partial charge in [0.25, 0.3) is 11.1 Å². The van der Waals surface area contributed by atoms with Crippen molar-refractivity contribution in [2.24, 2.45) is 0 Å². The largest absolute Gasteiger partial charge is 0.469 e. The molecule has 0 spiro atoms. The molecule has 1 unspecified atom stereocenters. The van der Waals surface area contributed by atoms with Crippen LogP contribution in [0.4, 0.5) is 0 Å². The number of hydrogen-bond donors (Lipinski definition) is 0. The van der Waals surface area contributed by atoms with E-state index in [4.69, 9.17) is 8.83 Å². The average molecular weight is 278 g/mol. The van der Waals surface area contributed by atoms with Gasteiger partial charge in [0.15, 0.2) is 0 Å². The van der Waals surface area contributed by atoms with Gasteiger partial charge in [-0.1, -0.05) is 18.2 Å². The fourth-order valence-corrected chi connectivity index (χ4v) is 3.16. The van der Waals surface area contributed by atoms with E-state index in [1.165, 1.54) is 11.8 Å². The van der Waals surface area contributed by atoms with Crippen LogP contribution >= 0.6 is 11.8 Å². The molecule has 1 fully saturated rings. The molecule has 2 aromatic heterocycles. The second-order valence-electron chi connectivity index (χ2n) is 4.58. The summed E-state index contributed by atoms with van der Waals surface area (Å²) in [6.07, 6.45) is 5.24. The number of Topliss-reactive ketones (excluding diaryl/α,β-unsaturated/α-hetero) is 1. The maximum absolute atomic E-state index is 11.8. The standard InChI is InChI=1S/C13H14N2O3S/c1-8-9(6-7-17-8)12-14-15-13(18-12)19-11-5-3-2-4-10(11)16/h6-7,11H,2-5H2,1H3. The zero-order valence-electron chi connectivity index (χ0n) is 10.6. The minimum absolute atomic E-state index is 0.0347. The number of carbonyl (C=O) groups is 1. The number of thioether (sulfide) groups is 1. The molecular formula is C13H14N2O3S. The molecule has 0 aromatic carbocycles. The molecule has 5 nitrogen and oxygen atoms in total. The lowest BCUT2D eigenvalue weighted by atomic mass is 9.99. The molecule has 19 heavy (non-hydrogen) atoms. The Labute approximate surface area is 114 Å². The highest BCUT2D eigenvalue weighted by Crippen LogP contribution is 2.32. The molecule has 0 N–H and O–H groups in total. The molecule has 0 amide bonds. The molecule has 100 valence electrons. The molecule has 0 saturated heterocycles. The van der Waals surface area contributed by atoms with E-state index in [0.29, 0.717) is 17.5 Å². The van der Waals surface area contributed by atoms with Crippen molar-refractivity contribution in [3.8, 4) is 11.5 Å². The smallest absolute Gasteiger partial charge is 0.277 e. The number of hydrogen-bond acceptors (Lipinski definition) is 6. The third-order valence-electron chi connectivity index (χ3n) is 3.24. The molecule has 1 aliphatic rings. The Kier molecular flexibility index (Phi) is 3.42. The summed E-state index contributed by atoms with van der Waals surface area (Å²) >= 11 is 1.38. The Morgan fingerprint density at radius 1 is 1.37 bits per heavy atom. The first-order valence-corrected chi connectivity index (χ1v) is 7.19. The third-order valence-corrected chi connectivity index (χ3v) is 4.39. The molecule has 3 rings (SSSR count). The average Bonchev–Trinajstić information content (AvgIpc) is 3.01. The number of rotatable bonds is 3. The Morgan fingerprint density at radius 3 is 3.00 bits per heavy atom. The number of aryl methyl sites for hydroxylation is 1. The zero-order chi connectivity index (χ0) is 13.2. The van der Waals surface area contributed by atoms with Crippen molar-refractivity contribution in [3.63, 3.8) is 0 Å². The van der Waals surface area contributed by atoms with Crippen LogP contribution in [0.3, 0.4) is 0 Å². The van der Waals surface area contributed by atoms with Crippen LogP contribution < -0.4 is 0 Å². The molecule has 6 heteroatoms. The minimum atomic E-state index is -0.0347. The van der Waals surface area contributed by atoms with E-state index in [-0.39, 0.29) is 11.0 Å². The number of ketones is 1. The molecule has 1 saturated carbocycles. The van der Waals surface area contributed by atoms with Gasteiger partial charge in [-0.05, 0) is 25.8 Å². The van der Waals surface area contributed by atoms with Crippen LogP contribution in [0.15, 0.2) is 26.4 Å². The Balaban J connectivity index is 1.75. The second kappa shape index (κ2) is 5.21. The number of furan rings is 1. The van der Waals surface area contributed by atoms with Crippen molar-refractivity contribution < 1.29 is 13.6 Å². The van der Waals surface area contributed by atoms with E-state index in [1.807, 2.05) is 6.92 Å². The van der Waals surface area contributed by atoms with Crippen molar-refractivity contribution in [2.45, 2.75) is 43.1 Å². The Hall–Kier alpha value is -1.56. The van der Waals surface area contributed by atoms with Gasteiger partial charge < -0.3 is 8.83 Å². The number of nitrogens with zero attached hydrogens (tertiary/aromatic N) is 2. The summed E-state index contributed by atoms with van der Waals surface area (Å²) in [4.78, 5) is 11.8. The van der Waals surface area contributed by atoms with Gasteiger partial charge in [0.2, 0.25) is 0 Å². The zero-order valence-corrected chi connectivity index (χ0v) is 11.4. The van der Waals surface area contributed by atoms with Gasteiger partial charge >= 0.3 is 0 Å². The molecule has 0 radical (unpaired) electrons. The van der Waals surface area contributed by atoms with Crippen LogP contribution in [0, 0.1) is 6.92 Å². The van der Waals surface area contributed by atoms with Crippen LogP contribution in [0.1, 0.15) is 31.4 Å². The van der Waals surface area contributed by atoms with E-state index >= 15 is 0 Å². The van der Waals surface area contributed by atoms with Crippen molar-refractivity contribution >= 4 is 17.5 Å². The van der Waals surface area contributed by atoms with Crippen LogP contribution in [0.5, 0.6) is 0 Å². The summed E-state index contributed by atoms with van der Waals surface area (Å²) < 4.78 is 10.8. The molecule has 1 atom stereocenters. The van der Waals surface area contributed by atoms with Crippen LogP contribution in [0.25, 0.3) is 11.5 Å². The maximum atomic E-state index is 11.8. The molecule has 0 bridgehead atoms. The maximum Gasteiger partial charge on any atom is 0.277 e. The summed E-state index contributed by atoms with van der Waals surface area (Å²) in [5, 5.41) is 8.42. The van der Waals surface area contributed by atoms with Gasteiger partial charge in [0, 0.05) is 6.42 Å². The van der Waals surface area contributed by atoms with Crippen molar-refractivity contribution in [3.05, 3.63) is 18.1 Å². The lowest BCUT2D eigenvalue weighted by Crippen LogP contribution is -2.21. The first-order chi connectivity index (χ1) is 9.24. The number of aromatic nitrogens is 2. The third kappa shape index (κ3) is 2.58. The highest BCUT2D eigenvalue weighted by molar-refractivity contribution is 8.00. The first kappa shape index (κ1) is 12.5. The normalized spacial score (nSPS) is 19.8. The van der Waals surface area contributed by atoms with Crippen molar-refractivity contribution in [1.29, 1.82) is 0 Å². The first-order valence-electron chi connectivity index (χ1n) is 6.31. The summed E-state index contributed by atoms with van der Waals surface area (Å²) in [7, 11) is 0. The fourth-order valence-electron chi connectivity index (χ4n) is 2.17. The van der Waals surface area contributed by atoms with E-state index < -0.39 is 0 Å². The number of carbonyl (C=O) groups excluding carboxylic acids is 1. The highest BCUT2D eigenvalue weighted by Gasteiger charge is 2.25. The Morgan fingerprint density at radius 2 is 2.26 bits per heavy atom. The van der Waals surface area contributed by atoms with E-state index in [9.17, 15) is 4.79 Å². The second-order valence-corrected chi connectivity index (χ2v) is 5.74. The van der Waals surface area contributed by atoms with Crippen LogP contribution in [-0.2, 0) is 4.79 Å². The van der Waals surface area contributed by atoms with Gasteiger partial charge in [-0.3, -0.25) is 4.79 Å². The van der Waals surface area contributed by atoms with Crippen molar-refractivity contribution in [2.75, 3.05) is 0 Å². The quantitative estimate of drug-likeness (QED) is 0.858. The highest BCUT2D eigenvalue weighted by atomic mass is 32.2. The fraction of sp³-hybridized carbons (Fsp3) is 0.462. The van der Waals surface area contributed by atoms with Gasteiger partial charge in [0.05, 0.1) is 17.1 Å². The molecule has 2 aromatic rings. The SMILES string of the molecule is Cc1occc1-c1nnc(SC2CCCCC2=O)o1. The molecular weight excluding hydrogens is 264 g/mol. The Bertz CT molecular complexity index is 590. The van der Waals surface area contributed by atoms with Gasteiger partial charge in [-0.15, -0.1) is 10.2 Å².